The number of hydrazone groups is 1. The first-order valence-corrected chi connectivity index (χ1v) is 8.39. The van der Waals surface area contributed by atoms with Gasteiger partial charge in [-0.1, -0.05) is 30.3 Å². The van der Waals surface area contributed by atoms with E-state index in [4.69, 9.17) is 9.47 Å². The van der Waals surface area contributed by atoms with E-state index in [2.05, 4.69) is 15.8 Å². The van der Waals surface area contributed by atoms with Crippen LogP contribution in [-0.4, -0.2) is 38.3 Å². The van der Waals surface area contributed by atoms with Crippen LogP contribution >= 0.6 is 0 Å². The molecule has 0 aromatic heterocycles. The second-order valence-electron chi connectivity index (χ2n) is 5.74. The molecule has 2 rings (SSSR count). The quantitative estimate of drug-likeness (QED) is 0.549. The Morgan fingerprint density at radius 2 is 1.74 bits per heavy atom. The number of hydrogen-bond acceptors (Lipinski definition) is 5. The van der Waals surface area contributed by atoms with Crippen LogP contribution in [0.4, 0.5) is 0 Å². The first kappa shape index (κ1) is 20.0. The molecule has 7 heteroatoms. The second kappa shape index (κ2) is 9.96. The van der Waals surface area contributed by atoms with Crippen molar-refractivity contribution in [2.75, 3.05) is 20.8 Å². The fraction of sp³-hybridized carbons (Fsp3) is 0.250. The number of nitrogens with one attached hydrogen (secondary N) is 2. The molecule has 0 fully saturated rings. The Morgan fingerprint density at radius 1 is 1.00 bits per heavy atom. The summed E-state index contributed by atoms with van der Waals surface area (Å²) in [7, 11) is 3.12. The molecule has 0 radical (unpaired) electrons. The predicted molar refractivity (Wildman–Crippen MR) is 103 cm³/mol. The number of nitrogens with zero attached hydrogens (tertiary/aromatic N) is 1. The number of methoxy groups -OCH3 is 2. The highest BCUT2D eigenvalue weighted by atomic mass is 16.5. The molecule has 0 unspecified atom stereocenters. The highest BCUT2D eigenvalue weighted by Crippen LogP contribution is 2.24. The molecule has 0 aliphatic heterocycles. The van der Waals surface area contributed by atoms with Crippen LogP contribution < -0.4 is 20.2 Å². The molecule has 27 heavy (non-hydrogen) atoms. The minimum absolute atomic E-state index is 0.151. The average molecular weight is 369 g/mol. The lowest BCUT2D eigenvalue weighted by molar-refractivity contribution is -0.125. The van der Waals surface area contributed by atoms with Crippen molar-refractivity contribution in [1.82, 2.24) is 10.7 Å². The highest BCUT2D eigenvalue weighted by Gasteiger charge is 2.09. The van der Waals surface area contributed by atoms with Crippen LogP contribution in [0, 0.1) is 0 Å². The second-order valence-corrected chi connectivity index (χ2v) is 5.74. The van der Waals surface area contributed by atoms with Gasteiger partial charge in [0, 0.05) is 11.6 Å². The van der Waals surface area contributed by atoms with Gasteiger partial charge in [0.1, 0.15) is 11.5 Å². The zero-order chi connectivity index (χ0) is 19.6. The van der Waals surface area contributed by atoms with E-state index in [9.17, 15) is 9.59 Å². The third kappa shape index (κ3) is 6.14. The summed E-state index contributed by atoms with van der Waals surface area (Å²) in [6.45, 7) is 1.60. The minimum atomic E-state index is -0.414. The molecule has 0 spiro atoms. The van der Waals surface area contributed by atoms with Gasteiger partial charge in [-0.05, 0) is 24.6 Å². The summed E-state index contributed by atoms with van der Waals surface area (Å²) in [6, 6.07) is 14.6. The maximum atomic E-state index is 11.9. The Labute approximate surface area is 158 Å². The lowest BCUT2D eigenvalue weighted by Crippen LogP contribution is -2.36. The van der Waals surface area contributed by atoms with Gasteiger partial charge in [-0.15, -0.1) is 0 Å². The first-order chi connectivity index (χ1) is 13.0. The Hall–Kier alpha value is -3.35. The van der Waals surface area contributed by atoms with Crippen molar-refractivity contribution in [1.29, 1.82) is 0 Å². The van der Waals surface area contributed by atoms with Gasteiger partial charge in [0.05, 0.1) is 32.9 Å². The maximum Gasteiger partial charge on any atom is 0.259 e. The van der Waals surface area contributed by atoms with Crippen molar-refractivity contribution in [2.24, 2.45) is 5.10 Å². The Morgan fingerprint density at radius 3 is 2.41 bits per heavy atom. The number of hydrogen-bond donors (Lipinski definition) is 2. The SMILES string of the molecule is COc1ccc(/C(C)=N/NC(=O)CNC(=O)Cc2ccccc2)c(OC)c1. The zero-order valence-corrected chi connectivity index (χ0v) is 15.6. The number of ether oxygens (including phenoxy) is 2. The highest BCUT2D eigenvalue weighted by molar-refractivity contribution is 6.01. The molecule has 2 aromatic carbocycles. The van der Waals surface area contributed by atoms with Gasteiger partial charge < -0.3 is 14.8 Å². The average Bonchev–Trinajstić information content (AvgIpc) is 2.70. The van der Waals surface area contributed by atoms with E-state index < -0.39 is 5.91 Å². The van der Waals surface area contributed by atoms with Crippen LogP contribution in [0.25, 0.3) is 0 Å². The maximum absolute atomic E-state index is 11.9. The fourth-order valence-electron chi connectivity index (χ4n) is 2.37. The standard InChI is InChI=1S/C20H23N3O4/c1-14(17-10-9-16(26-2)12-18(17)27-3)22-23-20(25)13-21-19(24)11-15-7-5-4-6-8-15/h4-10,12H,11,13H2,1-3H3,(H,21,24)(H,23,25)/b22-14+. The lowest BCUT2D eigenvalue weighted by Gasteiger charge is -2.10. The van der Waals surface area contributed by atoms with Crippen molar-refractivity contribution in [3.8, 4) is 11.5 Å². The summed E-state index contributed by atoms with van der Waals surface area (Å²) in [5.74, 6) is 0.603. The monoisotopic (exact) mass is 369 g/mol. The molecule has 2 aromatic rings. The molecule has 0 aliphatic rings. The molecule has 142 valence electrons. The molecule has 0 heterocycles. The van der Waals surface area contributed by atoms with Crippen LogP contribution in [0.15, 0.2) is 53.6 Å². The molecule has 2 N–H and O–H groups in total. The normalized spacial score (nSPS) is 10.9. The summed E-state index contributed by atoms with van der Waals surface area (Å²) in [5, 5.41) is 6.64. The van der Waals surface area contributed by atoms with Gasteiger partial charge in [0.25, 0.3) is 5.91 Å². The number of benzene rings is 2. The lowest BCUT2D eigenvalue weighted by atomic mass is 10.1. The molecule has 0 aliphatic carbocycles. The Balaban J connectivity index is 1.87. The van der Waals surface area contributed by atoms with E-state index in [-0.39, 0.29) is 18.9 Å². The summed E-state index contributed by atoms with van der Waals surface area (Å²) in [4.78, 5) is 23.8. The molecule has 0 bridgehead atoms. The van der Waals surface area contributed by atoms with Crippen LogP contribution in [0.5, 0.6) is 11.5 Å². The molecule has 0 saturated heterocycles. The summed E-state index contributed by atoms with van der Waals surface area (Å²) >= 11 is 0. The molecule has 0 atom stereocenters. The van der Waals surface area contributed by atoms with E-state index >= 15 is 0 Å². The molecular weight excluding hydrogens is 346 g/mol. The van der Waals surface area contributed by atoms with E-state index in [0.29, 0.717) is 17.2 Å². The van der Waals surface area contributed by atoms with E-state index in [1.54, 1.807) is 39.3 Å². The topological polar surface area (TPSA) is 89.0 Å². The van der Waals surface area contributed by atoms with Crippen LogP contribution in [0.2, 0.25) is 0 Å². The van der Waals surface area contributed by atoms with Gasteiger partial charge in [0.15, 0.2) is 0 Å². The first-order valence-electron chi connectivity index (χ1n) is 8.39. The van der Waals surface area contributed by atoms with Gasteiger partial charge in [-0.3, -0.25) is 9.59 Å². The third-order valence-corrected chi connectivity index (χ3v) is 3.80. The number of carbonyl (C=O) groups is 2. The number of rotatable bonds is 8. The summed E-state index contributed by atoms with van der Waals surface area (Å²) in [5.41, 5.74) is 4.61. The molecule has 7 nitrogen and oxygen atoms in total. The molecular formula is C20H23N3O4. The summed E-state index contributed by atoms with van der Waals surface area (Å²) < 4.78 is 10.5. The van der Waals surface area contributed by atoms with E-state index in [1.165, 1.54) is 0 Å². The minimum Gasteiger partial charge on any atom is -0.497 e. The van der Waals surface area contributed by atoms with Crippen molar-refractivity contribution in [3.63, 3.8) is 0 Å². The van der Waals surface area contributed by atoms with Crippen molar-refractivity contribution in [2.45, 2.75) is 13.3 Å². The van der Waals surface area contributed by atoms with Crippen molar-refractivity contribution < 1.29 is 19.1 Å². The smallest absolute Gasteiger partial charge is 0.259 e. The molecule has 0 saturated carbocycles. The van der Waals surface area contributed by atoms with Crippen LogP contribution in [0.3, 0.4) is 0 Å². The molecule has 2 amide bonds. The van der Waals surface area contributed by atoms with Gasteiger partial charge in [-0.2, -0.15) is 5.10 Å². The van der Waals surface area contributed by atoms with E-state index in [0.717, 1.165) is 11.1 Å². The number of amides is 2. The van der Waals surface area contributed by atoms with Gasteiger partial charge in [-0.25, -0.2) is 5.43 Å². The predicted octanol–water partition coefficient (Wildman–Crippen LogP) is 1.90. The Kier molecular flexibility index (Phi) is 7.37. The van der Waals surface area contributed by atoms with Crippen LogP contribution in [0.1, 0.15) is 18.1 Å². The van der Waals surface area contributed by atoms with E-state index in [1.807, 2.05) is 30.3 Å². The third-order valence-electron chi connectivity index (χ3n) is 3.80. The zero-order valence-electron chi connectivity index (χ0n) is 15.6. The Bertz CT molecular complexity index is 819. The number of carbonyl (C=O) groups excluding carboxylic acids is 2. The van der Waals surface area contributed by atoms with Crippen molar-refractivity contribution in [3.05, 3.63) is 59.7 Å². The fourth-order valence-corrected chi connectivity index (χ4v) is 2.37. The summed E-state index contributed by atoms with van der Waals surface area (Å²) in [6.07, 6.45) is 0.222. The van der Waals surface area contributed by atoms with Gasteiger partial charge in [0.2, 0.25) is 5.91 Å². The van der Waals surface area contributed by atoms with Crippen LogP contribution in [-0.2, 0) is 16.0 Å². The van der Waals surface area contributed by atoms with Gasteiger partial charge >= 0.3 is 0 Å². The van der Waals surface area contributed by atoms with Crippen molar-refractivity contribution >= 4 is 17.5 Å². The largest absolute Gasteiger partial charge is 0.497 e.